The van der Waals surface area contributed by atoms with E-state index in [2.05, 4.69) is 9.97 Å². The monoisotopic (exact) mass is 358 g/mol. The number of esters is 1. The summed E-state index contributed by atoms with van der Waals surface area (Å²) in [4.78, 5) is 19.8. The summed E-state index contributed by atoms with van der Waals surface area (Å²) < 4.78 is 4.92. The molecule has 5 nitrogen and oxygen atoms in total. The number of ether oxygens (including phenoxy) is 1. The molecule has 0 aliphatic carbocycles. The molecule has 5 heteroatoms. The lowest BCUT2D eigenvalue weighted by atomic mass is 9.98. The molecule has 0 aliphatic rings. The average Bonchev–Trinajstić information content (AvgIpc) is 3.06. The second kappa shape index (κ2) is 6.61. The van der Waals surface area contributed by atoms with Gasteiger partial charge >= 0.3 is 5.97 Å². The lowest BCUT2D eigenvalue weighted by Gasteiger charge is -2.08. The van der Waals surface area contributed by atoms with Gasteiger partial charge in [-0.25, -0.2) is 9.78 Å². The molecule has 0 spiro atoms. The highest BCUT2D eigenvalue weighted by molar-refractivity contribution is 6.04. The molecule has 27 heavy (non-hydrogen) atoms. The molecule has 1 aromatic heterocycles. The molecule has 0 bridgehead atoms. The van der Waals surface area contributed by atoms with E-state index in [0.29, 0.717) is 11.1 Å². The number of methoxy groups -OCH3 is 1. The number of H-pyrrole nitrogens is 1. The maximum Gasteiger partial charge on any atom is 0.340 e. The summed E-state index contributed by atoms with van der Waals surface area (Å²) in [5, 5.41) is 9.66. The number of rotatable bonds is 3. The van der Waals surface area contributed by atoms with Crippen LogP contribution in [0.1, 0.15) is 16.2 Å². The number of carbonyl (C=O) groups is 1. The third-order valence-electron chi connectivity index (χ3n) is 4.51. The third-order valence-corrected chi connectivity index (χ3v) is 4.51. The summed E-state index contributed by atoms with van der Waals surface area (Å²) in [7, 11) is 1.37. The zero-order valence-corrected chi connectivity index (χ0v) is 15.0. The Bertz CT molecular complexity index is 1140. The van der Waals surface area contributed by atoms with E-state index in [0.717, 1.165) is 33.6 Å². The lowest BCUT2D eigenvalue weighted by molar-refractivity contribution is 0.0603. The molecular formula is C22H18N2O3. The van der Waals surface area contributed by atoms with Crippen molar-refractivity contribution >= 4 is 17.0 Å². The summed E-state index contributed by atoms with van der Waals surface area (Å²) in [6.07, 6.45) is 0. The average molecular weight is 358 g/mol. The van der Waals surface area contributed by atoms with Gasteiger partial charge < -0.3 is 14.8 Å². The summed E-state index contributed by atoms with van der Waals surface area (Å²) >= 11 is 0. The Hall–Kier alpha value is -3.60. The van der Waals surface area contributed by atoms with E-state index in [4.69, 9.17) is 4.74 Å². The fourth-order valence-electron chi connectivity index (χ4n) is 3.21. The van der Waals surface area contributed by atoms with Crippen molar-refractivity contribution in [1.82, 2.24) is 9.97 Å². The van der Waals surface area contributed by atoms with Crippen LogP contribution in [0.3, 0.4) is 0 Å². The van der Waals surface area contributed by atoms with Gasteiger partial charge in [0.2, 0.25) is 0 Å². The number of aromatic amines is 1. The molecule has 0 saturated heterocycles. The Balaban J connectivity index is 1.79. The number of imidazole rings is 1. The quantitative estimate of drug-likeness (QED) is 0.521. The molecule has 0 unspecified atom stereocenters. The van der Waals surface area contributed by atoms with Gasteiger partial charge in [0, 0.05) is 0 Å². The van der Waals surface area contributed by atoms with Gasteiger partial charge in [0.25, 0.3) is 0 Å². The number of nitrogens with zero attached hydrogens (tertiary/aromatic N) is 1. The number of carbonyl (C=O) groups excluding carboxylic acids is 1. The van der Waals surface area contributed by atoms with Crippen LogP contribution >= 0.6 is 0 Å². The fourth-order valence-corrected chi connectivity index (χ4v) is 3.21. The van der Waals surface area contributed by atoms with Crippen molar-refractivity contribution in [3.63, 3.8) is 0 Å². The first kappa shape index (κ1) is 16.8. The van der Waals surface area contributed by atoms with Crippen molar-refractivity contribution in [2.75, 3.05) is 7.11 Å². The minimum atomic E-state index is -0.412. The van der Waals surface area contributed by atoms with E-state index >= 15 is 0 Å². The van der Waals surface area contributed by atoms with Gasteiger partial charge in [-0.05, 0) is 53.4 Å². The summed E-state index contributed by atoms with van der Waals surface area (Å²) in [6, 6.07) is 18.9. The second-order valence-electron chi connectivity index (χ2n) is 6.36. The number of hydrogen-bond acceptors (Lipinski definition) is 4. The van der Waals surface area contributed by atoms with Gasteiger partial charge in [-0.3, -0.25) is 0 Å². The Morgan fingerprint density at radius 1 is 0.963 bits per heavy atom. The number of hydrogen-bond donors (Lipinski definition) is 2. The highest BCUT2D eigenvalue weighted by Crippen LogP contribution is 2.30. The minimum Gasteiger partial charge on any atom is -0.508 e. The normalized spacial score (nSPS) is 10.9. The molecule has 134 valence electrons. The number of nitrogens with one attached hydrogen (secondary N) is 1. The smallest absolute Gasteiger partial charge is 0.340 e. The largest absolute Gasteiger partial charge is 0.508 e. The number of fused-ring (bicyclic) bond motifs is 1. The number of phenolic OH excluding ortho intramolecular Hbond substituents is 1. The molecule has 0 radical (unpaired) electrons. The van der Waals surface area contributed by atoms with Crippen molar-refractivity contribution in [3.8, 4) is 28.0 Å². The van der Waals surface area contributed by atoms with Crippen LogP contribution in [0.5, 0.6) is 5.75 Å². The molecule has 4 aromatic rings. The molecule has 3 aromatic carbocycles. The van der Waals surface area contributed by atoms with Gasteiger partial charge in [0.15, 0.2) is 0 Å². The molecule has 2 N–H and O–H groups in total. The predicted molar refractivity (Wildman–Crippen MR) is 105 cm³/mol. The van der Waals surface area contributed by atoms with Gasteiger partial charge in [-0.15, -0.1) is 0 Å². The van der Waals surface area contributed by atoms with Crippen LogP contribution in [0, 0.1) is 6.92 Å². The zero-order valence-electron chi connectivity index (χ0n) is 15.0. The Labute approximate surface area is 156 Å². The number of aromatic nitrogens is 2. The van der Waals surface area contributed by atoms with Crippen molar-refractivity contribution in [1.29, 1.82) is 0 Å². The standard InChI is InChI=1S/C22H18N2O3/c1-13-23-20-12-17(11-19(21(20)24-13)22(26)27-2)15-8-6-14(7-9-15)16-4-3-5-18(25)10-16/h3-12,25H,1-2H3,(H,23,24). The third kappa shape index (κ3) is 3.15. The van der Waals surface area contributed by atoms with Crippen molar-refractivity contribution in [3.05, 3.63) is 72.1 Å². The molecule has 0 aliphatic heterocycles. The fraction of sp³-hybridized carbons (Fsp3) is 0.0909. The Morgan fingerprint density at radius 2 is 1.67 bits per heavy atom. The van der Waals surface area contributed by atoms with Gasteiger partial charge in [0.1, 0.15) is 17.1 Å². The van der Waals surface area contributed by atoms with E-state index in [1.807, 2.05) is 49.4 Å². The maximum atomic E-state index is 12.2. The lowest BCUT2D eigenvalue weighted by Crippen LogP contribution is -2.02. The van der Waals surface area contributed by atoms with Crippen LogP contribution < -0.4 is 0 Å². The first-order valence-electron chi connectivity index (χ1n) is 8.53. The molecule has 1 heterocycles. The van der Waals surface area contributed by atoms with Gasteiger partial charge in [0.05, 0.1) is 18.2 Å². The topological polar surface area (TPSA) is 75.2 Å². The van der Waals surface area contributed by atoms with E-state index < -0.39 is 5.97 Å². The van der Waals surface area contributed by atoms with Crippen molar-refractivity contribution in [2.45, 2.75) is 6.92 Å². The maximum absolute atomic E-state index is 12.2. The van der Waals surface area contributed by atoms with Crippen molar-refractivity contribution in [2.24, 2.45) is 0 Å². The van der Waals surface area contributed by atoms with Crippen LogP contribution in [0.25, 0.3) is 33.3 Å². The highest BCUT2D eigenvalue weighted by atomic mass is 16.5. The summed E-state index contributed by atoms with van der Waals surface area (Å²) in [5.74, 6) is 0.565. The first-order valence-corrected chi connectivity index (χ1v) is 8.53. The molecule has 0 amide bonds. The molecule has 0 saturated carbocycles. The van der Waals surface area contributed by atoms with Crippen LogP contribution in [0.15, 0.2) is 60.7 Å². The molecule has 0 atom stereocenters. The number of phenols is 1. The van der Waals surface area contributed by atoms with E-state index in [-0.39, 0.29) is 5.75 Å². The molecule has 0 fully saturated rings. The Morgan fingerprint density at radius 3 is 2.33 bits per heavy atom. The van der Waals surface area contributed by atoms with E-state index in [9.17, 15) is 9.90 Å². The summed E-state index contributed by atoms with van der Waals surface area (Å²) in [5.41, 5.74) is 5.65. The van der Waals surface area contributed by atoms with Gasteiger partial charge in [-0.2, -0.15) is 0 Å². The van der Waals surface area contributed by atoms with E-state index in [1.54, 1.807) is 18.2 Å². The van der Waals surface area contributed by atoms with E-state index in [1.165, 1.54) is 7.11 Å². The van der Waals surface area contributed by atoms with Crippen LogP contribution in [-0.2, 0) is 4.74 Å². The minimum absolute atomic E-state index is 0.236. The number of aromatic hydroxyl groups is 1. The second-order valence-corrected chi connectivity index (χ2v) is 6.36. The highest BCUT2D eigenvalue weighted by Gasteiger charge is 2.16. The number of benzene rings is 3. The van der Waals surface area contributed by atoms with Gasteiger partial charge in [-0.1, -0.05) is 36.4 Å². The Kier molecular flexibility index (Phi) is 4.12. The SMILES string of the molecule is COC(=O)c1cc(-c2ccc(-c3cccc(O)c3)cc2)cc2[nH]c(C)nc12. The van der Waals surface area contributed by atoms with Crippen molar-refractivity contribution < 1.29 is 14.6 Å². The zero-order chi connectivity index (χ0) is 19.0. The van der Waals surface area contributed by atoms with Crippen LogP contribution in [0.2, 0.25) is 0 Å². The predicted octanol–water partition coefficient (Wildman–Crippen LogP) is 4.70. The first-order chi connectivity index (χ1) is 13.0. The molecule has 4 rings (SSSR count). The van der Waals surface area contributed by atoms with Crippen LogP contribution in [-0.4, -0.2) is 28.2 Å². The summed E-state index contributed by atoms with van der Waals surface area (Å²) in [6.45, 7) is 1.85. The molecular weight excluding hydrogens is 340 g/mol. The van der Waals surface area contributed by atoms with Crippen LogP contribution in [0.4, 0.5) is 0 Å². The number of aryl methyl sites for hydroxylation is 1.